The van der Waals surface area contributed by atoms with Crippen LogP contribution >= 0.6 is 0 Å². The van der Waals surface area contributed by atoms with E-state index < -0.39 is 11.7 Å². The van der Waals surface area contributed by atoms with E-state index in [9.17, 15) is 9.59 Å². The lowest BCUT2D eigenvalue weighted by atomic mass is 10.0. The Morgan fingerprint density at radius 1 is 1.19 bits per heavy atom. The van der Waals surface area contributed by atoms with E-state index in [2.05, 4.69) is 10.6 Å². The lowest BCUT2D eigenvalue weighted by Crippen LogP contribution is -2.50. The lowest BCUT2D eigenvalue weighted by molar-refractivity contribution is -0.143. The zero-order chi connectivity index (χ0) is 16.6. The van der Waals surface area contributed by atoms with Gasteiger partial charge in [0.25, 0.3) is 0 Å². The van der Waals surface area contributed by atoms with Crippen LogP contribution in [0.15, 0.2) is 0 Å². The Kier molecular flexibility index (Phi) is 8.32. The minimum atomic E-state index is -0.531. The molecule has 0 fully saturated rings. The fourth-order valence-electron chi connectivity index (χ4n) is 1.72. The summed E-state index contributed by atoms with van der Waals surface area (Å²) in [5, 5.41) is 5.96. The van der Waals surface area contributed by atoms with Crippen LogP contribution in [0.2, 0.25) is 0 Å². The normalized spacial score (nSPS) is 14.5. The third-order valence-corrected chi connectivity index (χ3v) is 2.98. The highest BCUT2D eigenvalue weighted by molar-refractivity contribution is 5.75. The first-order valence-corrected chi connectivity index (χ1v) is 7.41. The van der Waals surface area contributed by atoms with Crippen LogP contribution in [0.3, 0.4) is 0 Å². The van der Waals surface area contributed by atoms with Crippen molar-refractivity contribution in [2.24, 2.45) is 5.92 Å². The molecule has 0 saturated heterocycles. The van der Waals surface area contributed by atoms with E-state index in [4.69, 9.17) is 9.47 Å². The number of nitrogens with one attached hydrogen (secondary N) is 2. The average molecular weight is 302 g/mol. The van der Waals surface area contributed by atoms with E-state index in [0.717, 1.165) is 0 Å². The van der Waals surface area contributed by atoms with Crippen LogP contribution in [0.5, 0.6) is 0 Å². The highest BCUT2D eigenvalue weighted by Crippen LogP contribution is 2.08. The van der Waals surface area contributed by atoms with Crippen LogP contribution in [-0.4, -0.2) is 43.4 Å². The first-order valence-electron chi connectivity index (χ1n) is 7.41. The number of amides is 1. The molecule has 0 aliphatic carbocycles. The van der Waals surface area contributed by atoms with Gasteiger partial charge in [0.15, 0.2) is 0 Å². The fraction of sp³-hybridized carbons (Fsp3) is 0.867. The van der Waals surface area contributed by atoms with E-state index in [1.54, 1.807) is 0 Å². The molecule has 2 N–H and O–H groups in total. The van der Waals surface area contributed by atoms with Gasteiger partial charge in [-0.2, -0.15) is 0 Å². The zero-order valence-electron chi connectivity index (χ0n) is 14.3. The predicted molar refractivity (Wildman–Crippen MR) is 82.1 cm³/mol. The van der Waals surface area contributed by atoms with E-state index >= 15 is 0 Å². The fourth-order valence-corrected chi connectivity index (χ4v) is 1.72. The van der Waals surface area contributed by atoms with Crippen LogP contribution in [0.25, 0.3) is 0 Å². The standard InChI is InChI=1S/C15H30N2O4/c1-8-11(13(18)20-7)16-9-12(10(2)3)17-14(19)21-15(4,5)6/h10-12,16H,8-9H2,1-7H3,(H,17,19). The zero-order valence-corrected chi connectivity index (χ0v) is 14.3. The van der Waals surface area contributed by atoms with Crippen molar-refractivity contribution in [3.8, 4) is 0 Å². The van der Waals surface area contributed by atoms with Gasteiger partial charge in [0.2, 0.25) is 0 Å². The summed E-state index contributed by atoms with van der Waals surface area (Å²) >= 11 is 0. The first kappa shape index (κ1) is 19.7. The molecule has 0 aliphatic rings. The van der Waals surface area contributed by atoms with Gasteiger partial charge >= 0.3 is 12.1 Å². The molecule has 6 nitrogen and oxygen atoms in total. The molecular formula is C15H30N2O4. The molecule has 0 saturated carbocycles. The molecule has 0 aliphatic heterocycles. The van der Waals surface area contributed by atoms with E-state index in [0.29, 0.717) is 13.0 Å². The summed E-state index contributed by atoms with van der Waals surface area (Å²) in [7, 11) is 1.37. The monoisotopic (exact) mass is 302 g/mol. The number of methoxy groups -OCH3 is 1. The van der Waals surface area contributed by atoms with Crippen molar-refractivity contribution in [2.45, 2.75) is 65.6 Å². The van der Waals surface area contributed by atoms with Gasteiger partial charge in [0.1, 0.15) is 11.6 Å². The highest BCUT2D eigenvalue weighted by Gasteiger charge is 2.23. The number of ether oxygens (including phenoxy) is 2. The Balaban J connectivity index is 4.50. The Labute approximate surface area is 127 Å². The maximum atomic E-state index is 11.8. The van der Waals surface area contributed by atoms with Gasteiger partial charge in [-0.1, -0.05) is 20.8 Å². The van der Waals surface area contributed by atoms with Gasteiger partial charge in [0, 0.05) is 12.6 Å². The molecule has 0 bridgehead atoms. The summed E-state index contributed by atoms with van der Waals surface area (Å²) in [5.41, 5.74) is -0.531. The molecule has 0 heterocycles. The summed E-state index contributed by atoms with van der Waals surface area (Å²) < 4.78 is 9.98. The van der Waals surface area contributed by atoms with Crippen molar-refractivity contribution in [1.29, 1.82) is 0 Å². The molecular weight excluding hydrogens is 272 g/mol. The predicted octanol–water partition coefficient (Wildman–Crippen LogP) is 2.08. The van der Waals surface area contributed by atoms with E-state index in [1.165, 1.54) is 7.11 Å². The van der Waals surface area contributed by atoms with Crippen LogP contribution in [0, 0.1) is 5.92 Å². The average Bonchev–Trinajstić information content (AvgIpc) is 2.35. The van der Waals surface area contributed by atoms with E-state index in [-0.39, 0.29) is 24.0 Å². The van der Waals surface area contributed by atoms with E-state index in [1.807, 2.05) is 41.5 Å². The van der Waals surface area contributed by atoms with Gasteiger partial charge in [-0.05, 0) is 33.1 Å². The second-order valence-electron chi connectivity index (χ2n) is 6.39. The van der Waals surface area contributed by atoms with Crippen molar-refractivity contribution in [3.63, 3.8) is 0 Å². The third kappa shape index (κ3) is 8.55. The van der Waals surface area contributed by atoms with Gasteiger partial charge in [-0.25, -0.2) is 4.79 Å². The Morgan fingerprint density at radius 2 is 1.76 bits per heavy atom. The van der Waals surface area contributed by atoms with Crippen molar-refractivity contribution in [1.82, 2.24) is 10.6 Å². The lowest BCUT2D eigenvalue weighted by Gasteiger charge is -2.27. The summed E-state index contributed by atoms with van der Waals surface area (Å²) in [5.74, 6) is -0.0857. The molecule has 0 aromatic rings. The molecule has 124 valence electrons. The number of hydrogen-bond acceptors (Lipinski definition) is 5. The Bertz CT molecular complexity index is 337. The van der Waals surface area contributed by atoms with Crippen molar-refractivity contribution < 1.29 is 19.1 Å². The Morgan fingerprint density at radius 3 is 2.14 bits per heavy atom. The second-order valence-corrected chi connectivity index (χ2v) is 6.39. The number of alkyl carbamates (subject to hydrolysis) is 1. The minimum absolute atomic E-state index is 0.126. The SMILES string of the molecule is CCC(NCC(NC(=O)OC(C)(C)C)C(C)C)C(=O)OC. The first-order chi connectivity index (χ1) is 9.60. The van der Waals surface area contributed by atoms with Crippen molar-refractivity contribution in [3.05, 3.63) is 0 Å². The van der Waals surface area contributed by atoms with Crippen LogP contribution in [-0.2, 0) is 14.3 Å². The molecule has 2 atom stereocenters. The van der Waals surface area contributed by atoms with Crippen molar-refractivity contribution in [2.75, 3.05) is 13.7 Å². The summed E-state index contributed by atoms with van der Waals surface area (Å²) in [4.78, 5) is 23.4. The molecule has 0 aromatic heterocycles. The number of carbonyl (C=O) groups excluding carboxylic acids is 2. The smallest absolute Gasteiger partial charge is 0.407 e. The molecule has 21 heavy (non-hydrogen) atoms. The second kappa shape index (κ2) is 8.87. The van der Waals surface area contributed by atoms with Gasteiger partial charge in [-0.15, -0.1) is 0 Å². The molecule has 0 rings (SSSR count). The quantitative estimate of drug-likeness (QED) is 0.704. The molecule has 0 spiro atoms. The Hall–Kier alpha value is -1.30. The number of rotatable bonds is 7. The minimum Gasteiger partial charge on any atom is -0.468 e. The number of carbonyl (C=O) groups is 2. The molecule has 6 heteroatoms. The third-order valence-electron chi connectivity index (χ3n) is 2.98. The molecule has 2 unspecified atom stereocenters. The largest absolute Gasteiger partial charge is 0.468 e. The van der Waals surface area contributed by atoms with Gasteiger partial charge in [-0.3, -0.25) is 4.79 Å². The van der Waals surface area contributed by atoms with Gasteiger partial charge < -0.3 is 20.1 Å². The van der Waals surface area contributed by atoms with Crippen LogP contribution < -0.4 is 10.6 Å². The summed E-state index contributed by atoms with van der Waals surface area (Å²) in [6, 6.07) is -0.491. The van der Waals surface area contributed by atoms with Crippen LogP contribution in [0.4, 0.5) is 4.79 Å². The topological polar surface area (TPSA) is 76.7 Å². The van der Waals surface area contributed by atoms with Crippen LogP contribution in [0.1, 0.15) is 48.0 Å². The summed E-state index contributed by atoms with van der Waals surface area (Å²) in [6.45, 7) is 11.8. The maximum absolute atomic E-state index is 11.8. The molecule has 0 radical (unpaired) electrons. The number of hydrogen-bond donors (Lipinski definition) is 2. The van der Waals surface area contributed by atoms with Gasteiger partial charge in [0.05, 0.1) is 7.11 Å². The molecule has 0 aromatic carbocycles. The van der Waals surface area contributed by atoms with Crippen molar-refractivity contribution >= 4 is 12.1 Å². The highest BCUT2D eigenvalue weighted by atomic mass is 16.6. The molecule has 1 amide bonds. The number of esters is 1. The maximum Gasteiger partial charge on any atom is 0.407 e. The summed E-state index contributed by atoms with van der Waals surface area (Å²) in [6.07, 6.45) is 0.179.